The Balaban J connectivity index is 1.98. The molecule has 0 saturated carbocycles. The lowest BCUT2D eigenvalue weighted by Gasteiger charge is -2.13. The number of halogens is 1. The number of carbonyl (C=O) groups excluding carboxylic acids is 1. The zero-order valence-electron chi connectivity index (χ0n) is 14.1. The van der Waals surface area contributed by atoms with Crippen LogP contribution in [-0.4, -0.2) is 34.5 Å². The van der Waals surface area contributed by atoms with Gasteiger partial charge < -0.3 is 14.5 Å². The van der Waals surface area contributed by atoms with Gasteiger partial charge in [-0.3, -0.25) is 4.79 Å². The van der Waals surface area contributed by atoms with Crippen molar-refractivity contribution in [2.75, 3.05) is 20.2 Å². The third kappa shape index (κ3) is 4.83. The number of amides is 1. The fourth-order valence-corrected chi connectivity index (χ4v) is 3.67. The van der Waals surface area contributed by atoms with E-state index >= 15 is 0 Å². The van der Waals surface area contributed by atoms with Gasteiger partial charge in [-0.25, -0.2) is 13.1 Å². The Morgan fingerprint density at radius 1 is 1.20 bits per heavy atom. The van der Waals surface area contributed by atoms with Crippen LogP contribution >= 0.6 is 15.9 Å². The smallest absolute Gasteiger partial charge is 0.287 e. The molecule has 0 spiro atoms. The standard InChI is InChI=1S/C16H19BrN2O5S/c1-10-8-13(23-3)14(9-11(10)2)25(21,22)19-7-6-18-16(20)12-4-5-15(17)24-12/h4-5,8-9,19H,6-7H2,1-3H3,(H,18,20). The number of hydrogen-bond acceptors (Lipinski definition) is 5. The number of ether oxygens (including phenoxy) is 1. The lowest BCUT2D eigenvalue weighted by Crippen LogP contribution is -2.34. The SMILES string of the molecule is COc1cc(C)c(C)cc1S(=O)(=O)NCCNC(=O)c1ccc(Br)o1. The maximum absolute atomic E-state index is 12.5. The van der Waals surface area contributed by atoms with Gasteiger partial charge in [-0.2, -0.15) is 0 Å². The van der Waals surface area contributed by atoms with E-state index in [4.69, 9.17) is 9.15 Å². The lowest BCUT2D eigenvalue weighted by atomic mass is 10.1. The molecule has 1 heterocycles. The average molecular weight is 431 g/mol. The quantitative estimate of drug-likeness (QED) is 0.657. The van der Waals surface area contributed by atoms with Gasteiger partial charge in [-0.05, 0) is 65.2 Å². The second-order valence-corrected chi connectivity index (χ2v) is 7.86. The number of aryl methyl sites for hydroxylation is 2. The molecule has 25 heavy (non-hydrogen) atoms. The van der Waals surface area contributed by atoms with Crippen LogP contribution in [0, 0.1) is 13.8 Å². The highest BCUT2D eigenvalue weighted by Gasteiger charge is 2.20. The van der Waals surface area contributed by atoms with Crippen LogP contribution in [0.5, 0.6) is 5.75 Å². The fourth-order valence-electron chi connectivity index (χ4n) is 2.10. The van der Waals surface area contributed by atoms with Crippen molar-refractivity contribution in [1.29, 1.82) is 0 Å². The molecule has 0 aliphatic rings. The zero-order chi connectivity index (χ0) is 18.6. The summed E-state index contributed by atoms with van der Waals surface area (Å²) in [7, 11) is -2.34. The summed E-state index contributed by atoms with van der Waals surface area (Å²) in [6, 6.07) is 6.36. The maximum atomic E-state index is 12.5. The minimum atomic E-state index is -3.76. The first-order valence-corrected chi connectivity index (χ1v) is 9.70. The van der Waals surface area contributed by atoms with Crippen LogP contribution in [0.25, 0.3) is 0 Å². The maximum Gasteiger partial charge on any atom is 0.287 e. The molecule has 9 heteroatoms. The van der Waals surface area contributed by atoms with Gasteiger partial charge in [0, 0.05) is 13.1 Å². The molecule has 0 radical (unpaired) electrons. The Kier molecular flexibility index (Phi) is 6.26. The molecule has 1 aromatic carbocycles. The number of furan rings is 1. The Hall–Kier alpha value is -1.84. The first-order chi connectivity index (χ1) is 11.7. The molecular weight excluding hydrogens is 412 g/mol. The van der Waals surface area contributed by atoms with Gasteiger partial charge in [0.2, 0.25) is 10.0 Å². The van der Waals surface area contributed by atoms with E-state index in [-0.39, 0.29) is 29.5 Å². The van der Waals surface area contributed by atoms with E-state index in [9.17, 15) is 13.2 Å². The number of benzene rings is 1. The monoisotopic (exact) mass is 430 g/mol. The molecule has 0 atom stereocenters. The largest absolute Gasteiger partial charge is 0.495 e. The van der Waals surface area contributed by atoms with E-state index in [1.807, 2.05) is 13.8 Å². The highest BCUT2D eigenvalue weighted by atomic mass is 79.9. The van der Waals surface area contributed by atoms with Gasteiger partial charge in [0.05, 0.1) is 7.11 Å². The number of carbonyl (C=O) groups is 1. The summed E-state index contributed by atoms with van der Waals surface area (Å²) in [4.78, 5) is 11.9. The molecule has 7 nitrogen and oxygen atoms in total. The summed E-state index contributed by atoms with van der Waals surface area (Å²) < 4.78 is 38.1. The molecule has 2 aromatic rings. The van der Waals surface area contributed by atoms with Gasteiger partial charge in [0.25, 0.3) is 5.91 Å². The molecule has 0 bridgehead atoms. The summed E-state index contributed by atoms with van der Waals surface area (Å²) in [6.45, 7) is 3.86. The molecule has 0 unspecified atom stereocenters. The van der Waals surface area contributed by atoms with Crippen molar-refractivity contribution in [3.8, 4) is 5.75 Å². The minimum Gasteiger partial charge on any atom is -0.495 e. The molecule has 1 aromatic heterocycles. The van der Waals surface area contributed by atoms with Gasteiger partial charge in [0.15, 0.2) is 10.4 Å². The van der Waals surface area contributed by atoms with E-state index in [0.717, 1.165) is 11.1 Å². The van der Waals surface area contributed by atoms with E-state index in [1.54, 1.807) is 18.2 Å². The van der Waals surface area contributed by atoms with Crippen LogP contribution in [0.15, 0.2) is 38.2 Å². The molecular formula is C16H19BrN2O5S. The number of hydrogen-bond donors (Lipinski definition) is 2. The third-order valence-electron chi connectivity index (χ3n) is 3.57. The van der Waals surface area contributed by atoms with Gasteiger partial charge in [0.1, 0.15) is 10.6 Å². The highest BCUT2D eigenvalue weighted by molar-refractivity contribution is 9.10. The summed E-state index contributed by atoms with van der Waals surface area (Å²) in [5.41, 5.74) is 1.78. The molecule has 136 valence electrons. The molecule has 1 amide bonds. The van der Waals surface area contributed by atoms with E-state index in [1.165, 1.54) is 13.2 Å². The first-order valence-electron chi connectivity index (χ1n) is 7.43. The van der Waals surface area contributed by atoms with Crippen LogP contribution in [-0.2, 0) is 10.0 Å². The number of nitrogens with one attached hydrogen (secondary N) is 2. The molecule has 0 saturated heterocycles. The van der Waals surface area contributed by atoms with Crippen molar-refractivity contribution in [3.05, 3.63) is 45.8 Å². The Morgan fingerprint density at radius 3 is 2.48 bits per heavy atom. The molecule has 0 aliphatic carbocycles. The minimum absolute atomic E-state index is 0.0338. The first kappa shape index (κ1) is 19.5. The number of sulfonamides is 1. The summed E-state index contributed by atoms with van der Waals surface area (Å²) in [6.07, 6.45) is 0. The highest BCUT2D eigenvalue weighted by Crippen LogP contribution is 2.27. The second-order valence-electron chi connectivity index (χ2n) is 5.34. The predicted molar refractivity (Wildman–Crippen MR) is 96.4 cm³/mol. The van der Waals surface area contributed by atoms with Crippen molar-refractivity contribution in [1.82, 2.24) is 10.0 Å². The van der Waals surface area contributed by atoms with Gasteiger partial charge in [-0.15, -0.1) is 0 Å². The van der Waals surface area contributed by atoms with Crippen LogP contribution in [0.3, 0.4) is 0 Å². The summed E-state index contributed by atoms with van der Waals surface area (Å²) in [5.74, 6) is -0.000657. The summed E-state index contributed by atoms with van der Waals surface area (Å²) in [5, 5.41) is 2.57. The Labute approximate surface area is 154 Å². The predicted octanol–water partition coefficient (Wildman–Crippen LogP) is 2.38. The summed E-state index contributed by atoms with van der Waals surface area (Å²) >= 11 is 3.11. The van der Waals surface area contributed by atoms with Gasteiger partial charge >= 0.3 is 0 Å². The van der Waals surface area contributed by atoms with Crippen LogP contribution in [0.4, 0.5) is 0 Å². The van der Waals surface area contributed by atoms with E-state index in [0.29, 0.717) is 4.67 Å². The topological polar surface area (TPSA) is 97.6 Å². The van der Waals surface area contributed by atoms with E-state index in [2.05, 4.69) is 26.0 Å². The van der Waals surface area contributed by atoms with Crippen molar-refractivity contribution in [2.45, 2.75) is 18.7 Å². The van der Waals surface area contributed by atoms with Crippen LogP contribution in [0.1, 0.15) is 21.7 Å². The third-order valence-corrected chi connectivity index (χ3v) is 5.48. The normalized spacial score (nSPS) is 11.4. The number of methoxy groups -OCH3 is 1. The molecule has 0 fully saturated rings. The Bertz CT molecular complexity index is 877. The Morgan fingerprint density at radius 2 is 1.88 bits per heavy atom. The zero-order valence-corrected chi connectivity index (χ0v) is 16.5. The second kappa shape index (κ2) is 8.03. The fraction of sp³-hybridized carbons (Fsp3) is 0.312. The van der Waals surface area contributed by atoms with Crippen molar-refractivity contribution in [2.24, 2.45) is 0 Å². The molecule has 0 aliphatic heterocycles. The average Bonchev–Trinajstić information content (AvgIpc) is 3.00. The molecule has 2 rings (SSSR count). The van der Waals surface area contributed by atoms with E-state index < -0.39 is 15.9 Å². The van der Waals surface area contributed by atoms with Crippen molar-refractivity contribution < 1.29 is 22.4 Å². The number of rotatable bonds is 7. The van der Waals surface area contributed by atoms with Crippen molar-refractivity contribution >= 4 is 31.9 Å². The van der Waals surface area contributed by atoms with Crippen LogP contribution < -0.4 is 14.8 Å². The van der Waals surface area contributed by atoms with Crippen molar-refractivity contribution in [3.63, 3.8) is 0 Å². The molecule has 2 N–H and O–H groups in total. The van der Waals surface area contributed by atoms with Crippen LogP contribution in [0.2, 0.25) is 0 Å². The van der Waals surface area contributed by atoms with Gasteiger partial charge in [-0.1, -0.05) is 0 Å². The lowest BCUT2D eigenvalue weighted by molar-refractivity contribution is 0.0925.